The van der Waals surface area contributed by atoms with E-state index < -0.39 is 0 Å². The fourth-order valence-corrected chi connectivity index (χ4v) is 2.94. The summed E-state index contributed by atoms with van der Waals surface area (Å²) >= 11 is 0. The molecule has 0 bridgehead atoms. The topological polar surface area (TPSA) is 76.2 Å². The maximum atomic E-state index is 4.87. The smallest absolute Gasteiger partial charge is 0.165 e. The minimum Gasteiger partial charge on any atom is -0.377 e. The van der Waals surface area contributed by atoms with E-state index in [0.29, 0.717) is 11.6 Å². The molecule has 2 aromatic heterocycles. The van der Waals surface area contributed by atoms with E-state index in [0.717, 1.165) is 41.7 Å². The Morgan fingerprint density at radius 1 is 0.931 bits per heavy atom. The van der Waals surface area contributed by atoms with E-state index in [9.17, 15) is 0 Å². The molecule has 0 aliphatic carbocycles. The lowest BCUT2D eigenvalue weighted by Gasteiger charge is -2.22. The number of aryl methyl sites for hydroxylation is 1. The van der Waals surface area contributed by atoms with Crippen LogP contribution in [-0.2, 0) is 0 Å². The summed E-state index contributed by atoms with van der Waals surface area (Å²) in [5.74, 6) is 2.98. The van der Waals surface area contributed by atoms with E-state index in [1.807, 2.05) is 45.3 Å². The molecule has 0 saturated heterocycles. The highest BCUT2D eigenvalue weighted by molar-refractivity contribution is 5.76. The van der Waals surface area contributed by atoms with E-state index in [1.165, 1.54) is 0 Å². The average molecular weight is 395 g/mol. The summed E-state index contributed by atoms with van der Waals surface area (Å²) < 4.78 is 0. The van der Waals surface area contributed by atoms with Gasteiger partial charge in [0.2, 0.25) is 0 Å². The fourth-order valence-electron chi connectivity index (χ4n) is 2.94. The second-order valence-electron chi connectivity index (χ2n) is 7.63. The van der Waals surface area contributed by atoms with Crippen LogP contribution in [0.5, 0.6) is 0 Å². The van der Waals surface area contributed by atoms with Crippen molar-refractivity contribution in [1.82, 2.24) is 25.1 Å². The highest BCUT2D eigenvalue weighted by Gasteiger charge is 2.15. The first-order valence-electron chi connectivity index (χ1n) is 9.64. The molecular formula is C21H30N8. The Balaban J connectivity index is 2.02. The van der Waals surface area contributed by atoms with Crippen LogP contribution in [-0.4, -0.2) is 73.4 Å². The second-order valence-corrected chi connectivity index (χ2v) is 7.63. The maximum absolute atomic E-state index is 4.87. The minimum absolute atomic E-state index is 0.679. The molecule has 2 N–H and O–H groups in total. The van der Waals surface area contributed by atoms with Gasteiger partial charge in [-0.15, -0.1) is 0 Å². The van der Waals surface area contributed by atoms with Crippen LogP contribution < -0.4 is 15.1 Å². The molecule has 154 valence electrons. The molecule has 0 aliphatic heterocycles. The van der Waals surface area contributed by atoms with Crippen molar-refractivity contribution in [2.45, 2.75) is 6.92 Å². The number of aromatic nitrogens is 4. The van der Waals surface area contributed by atoms with Gasteiger partial charge in [-0.25, -0.2) is 9.97 Å². The zero-order chi connectivity index (χ0) is 21.0. The number of H-pyrrole nitrogens is 1. The maximum Gasteiger partial charge on any atom is 0.165 e. The summed E-state index contributed by atoms with van der Waals surface area (Å²) in [5, 5.41) is 10.5. The third kappa shape index (κ3) is 5.23. The lowest BCUT2D eigenvalue weighted by Crippen LogP contribution is -2.29. The zero-order valence-electron chi connectivity index (χ0n) is 18.1. The Labute approximate surface area is 172 Å². The fraction of sp³-hybridized carbons (Fsp3) is 0.381. The number of aromatic amines is 1. The monoisotopic (exact) mass is 394 g/mol. The molecule has 0 aliphatic rings. The molecule has 0 unspecified atom stereocenters. The first-order valence-corrected chi connectivity index (χ1v) is 9.64. The Kier molecular flexibility index (Phi) is 6.33. The summed E-state index contributed by atoms with van der Waals surface area (Å²) in [7, 11) is 10.2. The van der Waals surface area contributed by atoms with Crippen molar-refractivity contribution in [3.8, 4) is 11.4 Å². The number of rotatable bonds is 8. The molecule has 0 fully saturated rings. The van der Waals surface area contributed by atoms with Gasteiger partial charge in [0.15, 0.2) is 11.6 Å². The molecule has 2 heterocycles. The van der Waals surface area contributed by atoms with Crippen LogP contribution in [0.15, 0.2) is 36.4 Å². The van der Waals surface area contributed by atoms with E-state index in [1.54, 1.807) is 0 Å². The molecule has 0 amide bonds. The Morgan fingerprint density at radius 2 is 1.69 bits per heavy atom. The van der Waals surface area contributed by atoms with Gasteiger partial charge < -0.3 is 20.0 Å². The number of nitrogens with zero attached hydrogens (tertiary/aromatic N) is 6. The average Bonchev–Trinajstić information content (AvgIpc) is 3.10. The van der Waals surface area contributed by atoms with Crippen molar-refractivity contribution in [3.05, 3.63) is 42.1 Å². The highest BCUT2D eigenvalue weighted by atomic mass is 15.2. The summed E-state index contributed by atoms with van der Waals surface area (Å²) in [6.07, 6.45) is 0. The van der Waals surface area contributed by atoms with Crippen molar-refractivity contribution in [2.24, 2.45) is 0 Å². The van der Waals surface area contributed by atoms with E-state index in [-0.39, 0.29) is 0 Å². The van der Waals surface area contributed by atoms with Gasteiger partial charge in [-0.2, -0.15) is 5.10 Å². The van der Waals surface area contributed by atoms with Crippen LogP contribution in [0.2, 0.25) is 0 Å². The van der Waals surface area contributed by atoms with Gasteiger partial charge in [0.05, 0.1) is 0 Å². The molecule has 8 heteroatoms. The van der Waals surface area contributed by atoms with Crippen LogP contribution >= 0.6 is 0 Å². The number of nitrogens with one attached hydrogen (secondary N) is 2. The Morgan fingerprint density at radius 3 is 2.34 bits per heavy atom. The standard InChI is InChI=1S/C21H30N8/c1-15-13-19(26-25-15)22-18-14-20(29(6)12-11-27(2)3)24-21(23-18)16-9-7-8-10-17(16)28(4)5/h7-10,13-14H,11-12H2,1-6H3,(H2,22,23,24,25,26). The number of likely N-dealkylation sites (N-methyl/N-ethyl adjacent to an activating group) is 2. The summed E-state index contributed by atoms with van der Waals surface area (Å²) in [6, 6.07) is 12.1. The predicted octanol–water partition coefficient (Wildman–Crippen LogP) is 2.98. The van der Waals surface area contributed by atoms with Crippen LogP contribution in [0.4, 0.5) is 23.1 Å². The van der Waals surface area contributed by atoms with Crippen molar-refractivity contribution in [1.29, 1.82) is 0 Å². The number of anilines is 4. The van der Waals surface area contributed by atoms with Crippen molar-refractivity contribution in [2.75, 3.05) is 63.4 Å². The Bertz CT molecular complexity index is 947. The number of hydrogen-bond donors (Lipinski definition) is 2. The molecule has 3 rings (SSSR count). The number of para-hydroxylation sites is 1. The minimum atomic E-state index is 0.679. The lowest BCUT2D eigenvalue weighted by molar-refractivity contribution is 0.416. The largest absolute Gasteiger partial charge is 0.377 e. The second kappa shape index (κ2) is 8.91. The normalized spacial score (nSPS) is 11.0. The van der Waals surface area contributed by atoms with Crippen LogP contribution in [0, 0.1) is 6.92 Å². The van der Waals surface area contributed by atoms with Crippen molar-refractivity contribution < 1.29 is 0 Å². The summed E-state index contributed by atoms with van der Waals surface area (Å²) in [4.78, 5) is 16.0. The highest BCUT2D eigenvalue weighted by Crippen LogP contribution is 2.30. The van der Waals surface area contributed by atoms with Crippen molar-refractivity contribution >= 4 is 23.1 Å². The van der Waals surface area contributed by atoms with Gasteiger partial charge in [0, 0.05) is 63.3 Å². The molecule has 1 aromatic carbocycles. The van der Waals surface area contributed by atoms with Crippen LogP contribution in [0.25, 0.3) is 11.4 Å². The molecule has 3 aromatic rings. The SMILES string of the molecule is Cc1cc(Nc2cc(N(C)CCN(C)C)nc(-c3ccccc3N(C)C)n2)n[nH]1. The lowest BCUT2D eigenvalue weighted by atomic mass is 10.1. The first kappa shape index (κ1) is 20.6. The van der Waals surface area contributed by atoms with Gasteiger partial charge >= 0.3 is 0 Å². The molecule has 0 saturated carbocycles. The van der Waals surface area contributed by atoms with Crippen LogP contribution in [0.3, 0.4) is 0 Å². The number of benzene rings is 1. The quantitative estimate of drug-likeness (QED) is 0.608. The third-order valence-electron chi connectivity index (χ3n) is 4.58. The van der Waals surface area contributed by atoms with Gasteiger partial charge in [-0.3, -0.25) is 5.10 Å². The van der Waals surface area contributed by atoms with Crippen molar-refractivity contribution in [3.63, 3.8) is 0 Å². The third-order valence-corrected chi connectivity index (χ3v) is 4.58. The van der Waals surface area contributed by atoms with Gasteiger partial charge in [-0.1, -0.05) is 12.1 Å². The summed E-state index contributed by atoms with van der Waals surface area (Å²) in [6.45, 7) is 3.77. The van der Waals surface area contributed by atoms with Gasteiger partial charge in [0.25, 0.3) is 0 Å². The molecule has 0 radical (unpaired) electrons. The van der Waals surface area contributed by atoms with E-state index in [2.05, 4.69) is 63.5 Å². The summed E-state index contributed by atoms with van der Waals surface area (Å²) in [5.41, 5.74) is 3.05. The van der Waals surface area contributed by atoms with Gasteiger partial charge in [-0.05, 0) is 33.2 Å². The van der Waals surface area contributed by atoms with Gasteiger partial charge in [0.1, 0.15) is 11.6 Å². The predicted molar refractivity (Wildman–Crippen MR) is 120 cm³/mol. The molecular weight excluding hydrogens is 364 g/mol. The van der Waals surface area contributed by atoms with Crippen LogP contribution in [0.1, 0.15) is 5.69 Å². The molecule has 0 spiro atoms. The Hall–Kier alpha value is -3.13. The molecule has 29 heavy (non-hydrogen) atoms. The molecule has 8 nitrogen and oxygen atoms in total. The van der Waals surface area contributed by atoms with E-state index >= 15 is 0 Å². The van der Waals surface area contributed by atoms with E-state index in [4.69, 9.17) is 9.97 Å². The first-order chi connectivity index (χ1) is 13.8. The number of hydrogen-bond acceptors (Lipinski definition) is 7. The molecule has 0 atom stereocenters. The zero-order valence-corrected chi connectivity index (χ0v) is 18.1.